The van der Waals surface area contributed by atoms with E-state index in [1.807, 2.05) is 6.07 Å². The number of aryl methyl sites for hydroxylation is 1. The smallest absolute Gasteiger partial charge is 0.254 e. The number of halogens is 1. The first-order valence-corrected chi connectivity index (χ1v) is 5.65. The van der Waals surface area contributed by atoms with Gasteiger partial charge in [-0.2, -0.15) is 5.26 Å². The molecule has 0 spiro atoms. The highest BCUT2D eigenvalue weighted by Gasteiger charge is 2.18. The molecule has 2 aromatic rings. The fourth-order valence-corrected chi connectivity index (χ4v) is 1.93. The Morgan fingerprint density at radius 2 is 1.95 bits per heavy atom. The first-order chi connectivity index (χ1) is 9.45. The van der Waals surface area contributed by atoms with Crippen LogP contribution in [0.5, 0.6) is 0 Å². The number of rotatable bonds is 2. The van der Waals surface area contributed by atoms with Crippen molar-refractivity contribution in [2.75, 3.05) is 0 Å². The van der Waals surface area contributed by atoms with Gasteiger partial charge in [0.1, 0.15) is 23.1 Å². The van der Waals surface area contributed by atoms with Crippen molar-refractivity contribution in [3.05, 3.63) is 57.8 Å². The molecule has 20 heavy (non-hydrogen) atoms. The molecule has 100 valence electrons. The summed E-state index contributed by atoms with van der Waals surface area (Å²) in [4.78, 5) is 23.5. The van der Waals surface area contributed by atoms with Gasteiger partial charge in [0.2, 0.25) is 5.43 Å². The molecule has 1 amide bonds. The third-order valence-electron chi connectivity index (χ3n) is 2.89. The van der Waals surface area contributed by atoms with E-state index >= 15 is 0 Å². The molecule has 1 aromatic heterocycles. The Bertz CT molecular complexity index is 786. The number of nitrogens with two attached hydrogens (primary N) is 1. The van der Waals surface area contributed by atoms with Crippen LogP contribution in [0.25, 0.3) is 11.1 Å². The summed E-state index contributed by atoms with van der Waals surface area (Å²) in [5.41, 5.74) is 4.76. The Kier molecular flexibility index (Phi) is 3.36. The Hall–Kier alpha value is -2.94. The molecule has 1 heterocycles. The lowest BCUT2D eigenvalue weighted by Gasteiger charge is -2.10. The molecule has 0 fully saturated rings. The molecule has 6 heteroatoms. The molecule has 0 unspecified atom stereocenters. The average molecular weight is 271 g/mol. The molecule has 2 N–H and O–H groups in total. The first kappa shape index (κ1) is 13.5. The maximum absolute atomic E-state index is 12.9. The van der Waals surface area contributed by atoms with Crippen molar-refractivity contribution >= 4 is 5.91 Å². The maximum Gasteiger partial charge on any atom is 0.254 e. The number of amides is 1. The van der Waals surface area contributed by atoms with E-state index in [1.54, 1.807) is 0 Å². The molecule has 0 saturated carbocycles. The lowest BCUT2D eigenvalue weighted by atomic mass is 10.0. The van der Waals surface area contributed by atoms with Gasteiger partial charge < -0.3 is 10.3 Å². The summed E-state index contributed by atoms with van der Waals surface area (Å²) in [7, 11) is 1.53. The summed E-state index contributed by atoms with van der Waals surface area (Å²) in [6.45, 7) is 0. The van der Waals surface area contributed by atoms with E-state index in [-0.39, 0.29) is 16.8 Å². The van der Waals surface area contributed by atoms with Crippen molar-refractivity contribution in [1.29, 1.82) is 5.26 Å². The molecule has 5 nitrogen and oxygen atoms in total. The van der Waals surface area contributed by atoms with Gasteiger partial charge in [0.05, 0.1) is 5.56 Å². The van der Waals surface area contributed by atoms with E-state index in [0.29, 0.717) is 5.56 Å². The van der Waals surface area contributed by atoms with Gasteiger partial charge in [-0.3, -0.25) is 9.59 Å². The number of carbonyl (C=O) groups is 1. The monoisotopic (exact) mass is 271 g/mol. The highest BCUT2D eigenvalue weighted by atomic mass is 19.1. The zero-order chi connectivity index (χ0) is 14.9. The van der Waals surface area contributed by atoms with Crippen LogP contribution in [0, 0.1) is 17.1 Å². The number of nitriles is 1. The quantitative estimate of drug-likeness (QED) is 0.888. The van der Waals surface area contributed by atoms with Gasteiger partial charge in [-0.1, -0.05) is 12.1 Å². The van der Waals surface area contributed by atoms with Crippen LogP contribution in [0.2, 0.25) is 0 Å². The highest BCUT2D eigenvalue weighted by Crippen LogP contribution is 2.20. The van der Waals surface area contributed by atoms with Gasteiger partial charge >= 0.3 is 0 Å². The van der Waals surface area contributed by atoms with Gasteiger partial charge in [-0.25, -0.2) is 4.39 Å². The second kappa shape index (κ2) is 4.97. The number of aromatic nitrogens is 1. The fourth-order valence-electron chi connectivity index (χ4n) is 1.93. The topological polar surface area (TPSA) is 88.9 Å². The summed E-state index contributed by atoms with van der Waals surface area (Å²) < 4.78 is 14.3. The number of hydrogen-bond donors (Lipinski definition) is 1. The average Bonchev–Trinajstić information content (AvgIpc) is 2.41. The summed E-state index contributed by atoms with van der Waals surface area (Å²) in [6, 6.07) is 6.99. The van der Waals surface area contributed by atoms with Crippen LogP contribution in [0.15, 0.2) is 35.3 Å². The number of carbonyl (C=O) groups excluding carboxylic acids is 1. The van der Waals surface area contributed by atoms with Crippen molar-refractivity contribution in [2.45, 2.75) is 0 Å². The SMILES string of the molecule is Cn1cc(C(N)=O)c(=O)c(-c2ccc(F)cc2)c1C#N. The van der Waals surface area contributed by atoms with E-state index in [0.717, 1.165) is 0 Å². The molecule has 0 aliphatic heterocycles. The minimum absolute atomic E-state index is 0.0336. The largest absolute Gasteiger partial charge is 0.365 e. The van der Waals surface area contributed by atoms with E-state index < -0.39 is 17.2 Å². The minimum Gasteiger partial charge on any atom is -0.365 e. The molecule has 0 aliphatic carbocycles. The van der Waals surface area contributed by atoms with Gasteiger partial charge in [0, 0.05) is 13.2 Å². The Morgan fingerprint density at radius 3 is 2.45 bits per heavy atom. The standard InChI is InChI=1S/C14H10FN3O2/c1-18-7-10(14(17)20)13(19)12(11(18)6-16)8-2-4-9(15)5-3-8/h2-5,7H,1H3,(H2,17,20). The Labute approximate surface area is 113 Å². The summed E-state index contributed by atoms with van der Waals surface area (Å²) in [5.74, 6) is -1.34. The highest BCUT2D eigenvalue weighted by molar-refractivity contribution is 5.94. The molecular weight excluding hydrogens is 261 g/mol. The molecule has 1 aromatic carbocycles. The number of benzene rings is 1. The van der Waals surface area contributed by atoms with Crippen LogP contribution >= 0.6 is 0 Å². The van der Waals surface area contributed by atoms with Crippen LogP contribution in [0.1, 0.15) is 16.1 Å². The molecule has 0 radical (unpaired) electrons. The predicted octanol–water partition coefficient (Wildman–Crippen LogP) is 1.16. The summed E-state index contributed by atoms with van der Waals surface area (Å²) in [6.07, 6.45) is 1.22. The Balaban J connectivity index is 2.86. The lowest BCUT2D eigenvalue weighted by molar-refractivity contribution is 0.0998. The van der Waals surface area contributed by atoms with Crippen LogP contribution in [-0.4, -0.2) is 10.5 Å². The molecule has 0 bridgehead atoms. The number of hydrogen-bond acceptors (Lipinski definition) is 3. The lowest BCUT2D eigenvalue weighted by Crippen LogP contribution is -2.26. The Morgan fingerprint density at radius 1 is 1.35 bits per heavy atom. The molecule has 0 aliphatic rings. The van der Waals surface area contributed by atoms with Gasteiger partial charge in [0.25, 0.3) is 5.91 Å². The third-order valence-corrected chi connectivity index (χ3v) is 2.89. The number of nitrogens with zero attached hydrogens (tertiary/aromatic N) is 2. The normalized spacial score (nSPS) is 10.1. The minimum atomic E-state index is -0.876. The molecule has 0 atom stereocenters. The van der Waals surface area contributed by atoms with E-state index in [2.05, 4.69) is 0 Å². The summed E-state index contributed by atoms with van der Waals surface area (Å²) >= 11 is 0. The van der Waals surface area contributed by atoms with E-state index in [1.165, 1.54) is 42.1 Å². The van der Waals surface area contributed by atoms with Crippen molar-refractivity contribution < 1.29 is 9.18 Å². The second-order valence-electron chi connectivity index (χ2n) is 4.19. The van der Waals surface area contributed by atoms with Gasteiger partial charge in [0.15, 0.2) is 0 Å². The fraction of sp³-hybridized carbons (Fsp3) is 0.0714. The van der Waals surface area contributed by atoms with E-state index in [4.69, 9.17) is 11.0 Å². The summed E-state index contributed by atoms with van der Waals surface area (Å²) in [5, 5.41) is 9.17. The zero-order valence-electron chi connectivity index (χ0n) is 10.6. The number of primary amides is 1. The third kappa shape index (κ3) is 2.17. The molecule has 0 saturated heterocycles. The number of pyridine rings is 1. The molecule has 2 rings (SSSR count). The maximum atomic E-state index is 12.9. The van der Waals surface area contributed by atoms with Crippen molar-refractivity contribution in [2.24, 2.45) is 12.8 Å². The van der Waals surface area contributed by atoms with Crippen LogP contribution in [0.4, 0.5) is 4.39 Å². The second-order valence-corrected chi connectivity index (χ2v) is 4.19. The van der Waals surface area contributed by atoms with Crippen LogP contribution in [-0.2, 0) is 7.05 Å². The van der Waals surface area contributed by atoms with Gasteiger partial charge in [-0.05, 0) is 17.7 Å². The first-order valence-electron chi connectivity index (χ1n) is 5.65. The van der Waals surface area contributed by atoms with Crippen molar-refractivity contribution in [3.63, 3.8) is 0 Å². The van der Waals surface area contributed by atoms with Crippen LogP contribution in [0.3, 0.4) is 0 Å². The van der Waals surface area contributed by atoms with Crippen molar-refractivity contribution in [3.8, 4) is 17.2 Å². The van der Waals surface area contributed by atoms with Gasteiger partial charge in [-0.15, -0.1) is 0 Å². The van der Waals surface area contributed by atoms with Crippen molar-refractivity contribution in [1.82, 2.24) is 4.57 Å². The molecular formula is C14H10FN3O2. The van der Waals surface area contributed by atoms with E-state index in [9.17, 15) is 14.0 Å². The van der Waals surface area contributed by atoms with Crippen LogP contribution < -0.4 is 11.2 Å². The predicted molar refractivity (Wildman–Crippen MR) is 70.3 cm³/mol. The zero-order valence-corrected chi connectivity index (χ0v) is 10.6.